The van der Waals surface area contributed by atoms with E-state index in [-0.39, 0.29) is 23.5 Å². The molecule has 4 rings (SSSR count). The summed E-state index contributed by atoms with van der Waals surface area (Å²) in [6.07, 6.45) is 0.263. The molecule has 33 heavy (non-hydrogen) atoms. The number of halogens is 1. The van der Waals surface area contributed by atoms with Gasteiger partial charge in [0.15, 0.2) is 0 Å². The molecular weight excluding hydrogens is 452 g/mol. The molecule has 0 saturated heterocycles. The average molecular weight is 475 g/mol. The van der Waals surface area contributed by atoms with Gasteiger partial charge in [0, 0.05) is 21.3 Å². The third-order valence-corrected chi connectivity index (χ3v) is 6.44. The standard InChI is InChI=1S/C27H23ClN2O2S/c1-18(27(32)30-24-14-11-20-5-2-3-6-21(20)16-24)33-25-8-4-7-23(17-25)29-26(31)15-19-9-12-22(28)13-10-19/h2-14,16-18H,15H2,1H3,(H,29,31)(H,30,32). The van der Waals surface area contributed by atoms with Crippen molar-refractivity contribution in [1.29, 1.82) is 0 Å². The maximum Gasteiger partial charge on any atom is 0.237 e. The summed E-state index contributed by atoms with van der Waals surface area (Å²) in [5, 5.41) is 8.46. The van der Waals surface area contributed by atoms with Gasteiger partial charge in [-0.3, -0.25) is 9.59 Å². The number of thioether (sulfide) groups is 1. The lowest BCUT2D eigenvalue weighted by atomic mass is 10.1. The fourth-order valence-electron chi connectivity index (χ4n) is 3.41. The Balaban J connectivity index is 1.35. The van der Waals surface area contributed by atoms with Crippen molar-refractivity contribution >= 4 is 57.3 Å². The number of anilines is 2. The molecule has 4 aromatic carbocycles. The lowest BCUT2D eigenvalue weighted by molar-refractivity contribution is -0.116. The Bertz CT molecular complexity index is 1290. The number of rotatable bonds is 7. The normalized spacial score (nSPS) is 11.7. The van der Waals surface area contributed by atoms with Crippen LogP contribution in [0.5, 0.6) is 0 Å². The average Bonchev–Trinajstić information content (AvgIpc) is 2.80. The maximum absolute atomic E-state index is 12.7. The number of nitrogens with one attached hydrogen (secondary N) is 2. The van der Waals surface area contributed by atoms with Crippen LogP contribution in [0.2, 0.25) is 5.02 Å². The zero-order chi connectivity index (χ0) is 23.2. The van der Waals surface area contributed by atoms with Crippen molar-refractivity contribution in [3.63, 3.8) is 0 Å². The van der Waals surface area contributed by atoms with Crippen LogP contribution in [0.1, 0.15) is 12.5 Å². The predicted molar refractivity (Wildman–Crippen MR) is 138 cm³/mol. The second kappa shape index (κ2) is 10.6. The number of hydrogen-bond donors (Lipinski definition) is 2. The van der Waals surface area contributed by atoms with Gasteiger partial charge in [-0.05, 0) is 65.7 Å². The van der Waals surface area contributed by atoms with Crippen LogP contribution in [-0.4, -0.2) is 17.1 Å². The van der Waals surface area contributed by atoms with E-state index in [9.17, 15) is 9.59 Å². The molecular formula is C27H23ClN2O2S. The topological polar surface area (TPSA) is 58.2 Å². The number of benzene rings is 4. The summed E-state index contributed by atoms with van der Waals surface area (Å²) in [5.41, 5.74) is 2.36. The van der Waals surface area contributed by atoms with Gasteiger partial charge in [0.1, 0.15) is 0 Å². The van der Waals surface area contributed by atoms with E-state index in [1.807, 2.05) is 85.8 Å². The lowest BCUT2D eigenvalue weighted by Gasteiger charge is -2.13. The van der Waals surface area contributed by atoms with Crippen molar-refractivity contribution in [3.05, 3.63) is 102 Å². The van der Waals surface area contributed by atoms with Crippen LogP contribution in [0.3, 0.4) is 0 Å². The van der Waals surface area contributed by atoms with Gasteiger partial charge >= 0.3 is 0 Å². The molecule has 4 aromatic rings. The molecule has 0 aromatic heterocycles. The summed E-state index contributed by atoms with van der Waals surface area (Å²) in [6, 6.07) is 28.7. The van der Waals surface area contributed by atoms with Crippen molar-refractivity contribution in [3.8, 4) is 0 Å². The zero-order valence-electron chi connectivity index (χ0n) is 18.0. The molecule has 0 bridgehead atoms. The lowest BCUT2D eigenvalue weighted by Crippen LogP contribution is -2.22. The Morgan fingerprint density at radius 1 is 0.818 bits per heavy atom. The van der Waals surface area contributed by atoms with Crippen LogP contribution >= 0.6 is 23.4 Å². The molecule has 4 nitrogen and oxygen atoms in total. The van der Waals surface area contributed by atoms with Crippen molar-refractivity contribution in [2.24, 2.45) is 0 Å². The molecule has 0 aliphatic rings. The Kier molecular flexibility index (Phi) is 7.33. The molecule has 6 heteroatoms. The summed E-state index contributed by atoms with van der Waals surface area (Å²) < 4.78 is 0. The molecule has 0 aliphatic carbocycles. The minimum Gasteiger partial charge on any atom is -0.326 e. The molecule has 0 fully saturated rings. The van der Waals surface area contributed by atoms with E-state index < -0.39 is 0 Å². The van der Waals surface area contributed by atoms with E-state index in [2.05, 4.69) is 10.6 Å². The first kappa shape index (κ1) is 22.9. The second-order valence-electron chi connectivity index (χ2n) is 7.69. The molecule has 0 heterocycles. The van der Waals surface area contributed by atoms with E-state index in [1.54, 1.807) is 12.1 Å². The van der Waals surface area contributed by atoms with Crippen LogP contribution in [0, 0.1) is 0 Å². The molecule has 0 saturated carbocycles. The Hall–Kier alpha value is -3.28. The number of hydrogen-bond acceptors (Lipinski definition) is 3. The Labute approximate surface area is 202 Å². The van der Waals surface area contributed by atoms with Gasteiger partial charge < -0.3 is 10.6 Å². The third kappa shape index (κ3) is 6.37. The van der Waals surface area contributed by atoms with Gasteiger partial charge in [-0.1, -0.05) is 60.1 Å². The first-order chi connectivity index (χ1) is 16.0. The highest BCUT2D eigenvalue weighted by molar-refractivity contribution is 8.00. The number of carbonyl (C=O) groups excluding carboxylic acids is 2. The minimum atomic E-state index is -0.309. The Morgan fingerprint density at radius 3 is 2.33 bits per heavy atom. The van der Waals surface area contributed by atoms with Crippen molar-refractivity contribution in [1.82, 2.24) is 0 Å². The summed E-state index contributed by atoms with van der Waals surface area (Å²) in [7, 11) is 0. The fraction of sp³-hybridized carbons (Fsp3) is 0.111. The molecule has 0 aliphatic heterocycles. The second-order valence-corrected chi connectivity index (χ2v) is 9.54. The monoisotopic (exact) mass is 474 g/mol. The quantitative estimate of drug-likeness (QED) is 0.290. The predicted octanol–water partition coefficient (Wildman–Crippen LogP) is 6.79. The maximum atomic E-state index is 12.7. The molecule has 2 amide bonds. The van der Waals surface area contributed by atoms with Crippen molar-refractivity contribution in [2.45, 2.75) is 23.5 Å². The van der Waals surface area contributed by atoms with Crippen LogP contribution < -0.4 is 10.6 Å². The van der Waals surface area contributed by atoms with E-state index >= 15 is 0 Å². The number of amides is 2. The van der Waals surface area contributed by atoms with Gasteiger partial charge in [0.2, 0.25) is 11.8 Å². The van der Waals surface area contributed by atoms with Gasteiger partial charge in [-0.15, -0.1) is 11.8 Å². The first-order valence-corrected chi connectivity index (χ1v) is 11.8. The smallest absolute Gasteiger partial charge is 0.237 e. The largest absolute Gasteiger partial charge is 0.326 e. The van der Waals surface area contributed by atoms with Gasteiger partial charge in [0.05, 0.1) is 11.7 Å². The number of fused-ring (bicyclic) bond motifs is 1. The van der Waals surface area contributed by atoms with Crippen molar-refractivity contribution in [2.75, 3.05) is 10.6 Å². The first-order valence-electron chi connectivity index (χ1n) is 10.6. The highest BCUT2D eigenvalue weighted by atomic mass is 35.5. The summed E-state index contributed by atoms with van der Waals surface area (Å²) in [4.78, 5) is 26.0. The molecule has 0 radical (unpaired) electrons. The Morgan fingerprint density at radius 2 is 1.55 bits per heavy atom. The van der Waals surface area contributed by atoms with Crippen LogP contribution in [0.25, 0.3) is 10.8 Å². The van der Waals surface area contributed by atoms with Crippen LogP contribution in [0.4, 0.5) is 11.4 Å². The van der Waals surface area contributed by atoms with E-state index in [4.69, 9.17) is 11.6 Å². The number of carbonyl (C=O) groups is 2. The molecule has 1 unspecified atom stereocenters. The van der Waals surface area contributed by atoms with Gasteiger partial charge in [0.25, 0.3) is 0 Å². The molecule has 166 valence electrons. The van der Waals surface area contributed by atoms with Gasteiger partial charge in [-0.2, -0.15) is 0 Å². The SMILES string of the molecule is CC(Sc1cccc(NC(=O)Cc2ccc(Cl)cc2)c1)C(=O)Nc1ccc2ccccc2c1. The van der Waals surface area contributed by atoms with Crippen LogP contribution in [-0.2, 0) is 16.0 Å². The summed E-state index contributed by atoms with van der Waals surface area (Å²) in [5.74, 6) is -0.186. The van der Waals surface area contributed by atoms with Crippen LogP contribution in [0.15, 0.2) is 95.9 Å². The van der Waals surface area contributed by atoms with E-state index in [0.29, 0.717) is 10.7 Å². The minimum absolute atomic E-state index is 0.0764. The zero-order valence-corrected chi connectivity index (χ0v) is 19.6. The molecule has 0 spiro atoms. The summed E-state index contributed by atoms with van der Waals surface area (Å²) >= 11 is 7.34. The van der Waals surface area contributed by atoms with E-state index in [1.165, 1.54) is 11.8 Å². The van der Waals surface area contributed by atoms with E-state index in [0.717, 1.165) is 26.9 Å². The fourth-order valence-corrected chi connectivity index (χ4v) is 4.46. The third-order valence-electron chi connectivity index (χ3n) is 5.09. The molecule has 2 N–H and O–H groups in total. The van der Waals surface area contributed by atoms with Gasteiger partial charge in [-0.25, -0.2) is 0 Å². The van der Waals surface area contributed by atoms with Crippen molar-refractivity contribution < 1.29 is 9.59 Å². The highest BCUT2D eigenvalue weighted by Crippen LogP contribution is 2.27. The summed E-state index contributed by atoms with van der Waals surface area (Å²) in [6.45, 7) is 1.87. The highest BCUT2D eigenvalue weighted by Gasteiger charge is 2.15. The molecule has 1 atom stereocenters.